The van der Waals surface area contributed by atoms with Gasteiger partial charge in [0, 0.05) is 13.2 Å². The van der Waals surface area contributed by atoms with E-state index in [1.807, 2.05) is 0 Å². The summed E-state index contributed by atoms with van der Waals surface area (Å²) in [5, 5.41) is 15.4. The molecule has 0 aliphatic carbocycles. The van der Waals surface area contributed by atoms with Gasteiger partial charge in [0.15, 0.2) is 5.78 Å². The van der Waals surface area contributed by atoms with Gasteiger partial charge in [-0.15, -0.1) is 0 Å². The summed E-state index contributed by atoms with van der Waals surface area (Å²) in [7, 11) is 1.08. The van der Waals surface area contributed by atoms with Crippen LogP contribution in [0.5, 0.6) is 0 Å². The van der Waals surface area contributed by atoms with Crippen molar-refractivity contribution in [1.29, 1.82) is 0 Å². The van der Waals surface area contributed by atoms with E-state index < -0.39 is 7.05 Å². The maximum atomic E-state index is 11.3. The zero-order chi connectivity index (χ0) is 9.84. The Morgan fingerprint density at radius 1 is 1.85 bits per heavy atom. The Labute approximate surface area is 76.9 Å². The van der Waals surface area contributed by atoms with Gasteiger partial charge >= 0.3 is 7.05 Å². The number of carbonyl (C=O) groups is 1. The topological polar surface area (TPSA) is 67.2 Å². The summed E-state index contributed by atoms with van der Waals surface area (Å²) < 4.78 is 1.57. The molecule has 0 amide bonds. The predicted octanol–water partition coefficient (Wildman–Crippen LogP) is -0.697. The summed E-state index contributed by atoms with van der Waals surface area (Å²) >= 11 is 0. The van der Waals surface area contributed by atoms with Crippen molar-refractivity contribution in [2.75, 3.05) is 6.54 Å². The third kappa shape index (κ3) is 3.00. The maximum Gasteiger partial charge on any atom is 0.373 e. The van der Waals surface area contributed by atoms with E-state index in [2.05, 4.69) is 10.3 Å². The van der Waals surface area contributed by atoms with Gasteiger partial charge in [-0.25, -0.2) is 0 Å². The van der Waals surface area contributed by atoms with Crippen LogP contribution in [0.25, 0.3) is 0 Å². The van der Waals surface area contributed by atoms with E-state index in [9.17, 15) is 4.79 Å². The van der Waals surface area contributed by atoms with Gasteiger partial charge in [-0.2, -0.15) is 5.10 Å². The molecule has 0 spiro atoms. The molecule has 1 heterocycles. The first kappa shape index (κ1) is 9.95. The average Bonchev–Trinajstić information content (AvgIpc) is 2.47. The molecular formula is C7H12BN3O2. The Bertz CT molecular complexity index is 298. The second-order valence-electron chi connectivity index (χ2n) is 2.88. The van der Waals surface area contributed by atoms with Crippen molar-refractivity contribution in [3.05, 3.63) is 18.0 Å². The molecule has 0 aliphatic heterocycles. The molecule has 0 fully saturated rings. The lowest BCUT2D eigenvalue weighted by molar-refractivity contribution is 0.0995. The minimum absolute atomic E-state index is 0.0750. The Balaban J connectivity index is 2.49. The fourth-order valence-electron chi connectivity index (χ4n) is 0.908. The van der Waals surface area contributed by atoms with Crippen molar-refractivity contribution < 1.29 is 9.82 Å². The third-order valence-electron chi connectivity index (χ3n) is 1.58. The van der Waals surface area contributed by atoms with E-state index in [4.69, 9.17) is 5.02 Å². The number of aryl methyl sites for hydroxylation is 1. The highest BCUT2D eigenvalue weighted by atomic mass is 16.2. The monoisotopic (exact) mass is 181 g/mol. The minimum Gasteiger partial charge on any atom is -0.437 e. The first-order valence-electron chi connectivity index (χ1n) is 4.03. The first-order valence-corrected chi connectivity index (χ1v) is 4.03. The molecule has 0 saturated heterocycles. The normalized spacial score (nSPS) is 10.1. The fraction of sp³-hybridized carbons (Fsp3) is 0.429. The number of rotatable bonds is 4. The predicted molar refractivity (Wildman–Crippen MR) is 49.4 cm³/mol. The highest BCUT2D eigenvalue weighted by molar-refractivity contribution is 6.45. The Kier molecular flexibility index (Phi) is 3.22. The van der Waals surface area contributed by atoms with Gasteiger partial charge in [-0.1, -0.05) is 0 Å². The van der Waals surface area contributed by atoms with Crippen LogP contribution in [0, 0.1) is 0 Å². The Morgan fingerprint density at radius 3 is 3.00 bits per heavy atom. The first-order chi connectivity index (χ1) is 6.09. The van der Waals surface area contributed by atoms with Gasteiger partial charge < -0.3 is 10.3 Å². The highest BCUT2D eigenvalue weighted by Crippen LogP contribution is 1.96. The van der Waals surface area contributed by atoms with Crippen molar-refractivity contribution in [2.45, 2.75) is 6.82 Å². The third-order valence-corrected chi connectivity index (χ3v) is 1.58. The van der Waals surface area contributed by atoms with Gasteiger partial charge in [-0.05, 0) is 6.82 Å². The molecule has 0 radical (unpaired) electrons. The van der Waals surface area contributed by atoms with E-state index in [0.717, 1.165) is 0 Å². The van der Waals surface area contributed by atoms with Gasteiger partial charge in [0.05, 0.1) is 18.3 Å². The van der Waals surface area contributed by atoms with E-state index in [1.54, 1.807) is 24.7 Å². The van der Waals surface area contributed by atoms with Crippen LogP contribution in [-0.4, -0.2) is 34.2 Å². The number of nitrogens with one attached hydrogen (secondary N) is 1. The molecule has 0 aromatic carbocycles. The second-order valence-corrected chi connectivity index (χ2v) is 2.88. The molecule has 0 atom stereocenters. The van der Waals surface area contributed by atoms with Crippen molar-refractivity contribution >= 4 is 12.8 Å². The van der Waals surface area contributed by atoms with Crippen molar-refractivity contribution in [3.63, 3.8) is 0 Å². The van der Waals surface area contributed by atoms with Crippen molar-refractivity contribution in [2.24, 2.45) is 7.05 Å². The van der Waals surface area contributed by atoms with Crippen molar-refractivity contribution in [1.82, 2.24) is 15.0 Å². The molecular weight excluding hydrogens is 169 g/mol. The summed E-state index contributed by atoms with van der Waals surface area (Å²) in [6, 6.07) is 0. The SMILES string of the molecule is CB(O)NCC(=O)c1cnn(C)c1. The van der Waals surface area contributed by atoms with E-state index in [0.29, 0.717) is 5.56 Å². The molecule has 13 heavy (non-hydrogen) atoms. The molecule has 1 aromatic rings. The molecule has 0 bridgehead atoms. The maximum absolute atomic E-state index is 11.3. The van der Waals surface area contributed by atoms with Crippen LogP contribution in [0.4, 0.5) is 0 Å². The number of hydrogen-bond acceptors (Lipinski definition) is 4. The summed E-state index contributed by atoms with van der Waals surface area (Å²) in [4.78, 5) is 11.3. The van der Waals surface area contributed by atoms with Crippen molar-refractivity contribution in [3.8, 4) is 0 Å². The van der Waals surface area contributed by atoms with E-state index in [-0.39, 0.29) is 12.3 Å². The number of Topliss-reactive ketones (excluding diaryl/α,β-unsaturated/α-hetero) is 1. The zero-order valence-electron chi connectivity index (χ0n) is 7.69. The number of aromatic nitrogens is 2. The summed E-state index contributed by atoms with van der Waals surface area (Å²) in [5.74, 6) is -0.0750. The van der Waals surface area contributed by atoms with E-state index >= 15 is 0 Å². The highest BCUT2D eigenvalue weighted by Gasteiger charge is 2.09. The van der Waals surface area contributed by atoms with Crippen LogP contribution in [-0.2, 0) is 7.05 Å². The van der Waals surface area contributed by atoms with Gasteiger partial charge in [0.2, 0.25) is 0 Å². The van der Waals surface area contributed by atoms with Gasteiger partial charge in [0.1, 0.15) is 0 Å². The van der Waals surface area contributed by atoms with Gasteiger partial charge in [0.25, 0.3) is 0 Å². The van der Waals surface area contributed by atoms with Crippen LogP contribution >= 0.6 is 0 Å². The molecule has 0 unspecified atom stereocenters. The second kappa shape index (κ2) is 4.20. The molecule has 0 saturated carbocycles. The van der Waals surface area contributed by atoms with Crippen LogP contribution in [0.1, 0.15) is 10.4 Å². The number of nitrogens with zero attached hydrogens (tertiary/aromatic N) is 2. The summed E-state index contributed by atoms with van der Waals surface area (Å²) in [6.07, 6.45) is 3.15. The van der Waals surface area contributed by atoms with Gasteiger partial charge in [-0.3, -0.25) is 9.48 Å². The molecule has 70 valence electrons. The lowest BCUT2D eigenvalue weighted by Crippen LogP contribution is -2.35. The summed E-state index contributed by atoms with van der Waals surface area (Å²) in [6.45, 7) is 1.69. The minimum atomic E-state index is -0.666. The average molecular weight is 181 g/mol. The molecule has 6 heteroatoms. The molecule has 0 aliphatic rings. The smallest absolute Gasteiger partial charge is 0.373 e. The van der Waals surface area contributed by atoms with E-state index in [1.165, 1.54) is 6.20 Å². The summed E-state index contributed by atoms with van der Waals surface area (Å²) in [5.41, 5.74) is 0.552. The quantitative estimate of drug-likeness (QED) is 0.476. The Morgan fingerprint density at radius 2 is 2.54 bits per heavy atom. The molecule has 1 rings (SSSR count). The fourth-order valence-corrected chi connectivity index (χ4v) is 0.908. The lowest BCUT2D eigenvalue weighted by Gasteiger charge is -2.00. The number of carbonyl (C=O) groups excluding carboxylic acids is 1. The van der Waals surface area contributed by atoms with Crippen LogP contribution in [0.2, 0.25) is 6.82 Å². The number of hydrogen-bond donors (Lipinski definition) is 2. The number of ketones is 1. The molecule has 1 aromatic heterocycles. The lowest BCUT2D eigenvalue weighted by atomic mass is 9.88. The molecule has 2 N–H and O–H groups in total. The van der Waals surface area contributed by atoms with Crippen LogP contribution in [0.15, 0.2) is 12.4 Å². The molecule has 5 nitrogen and oxygen atoms in total. The van der Waals surface area contributed by atoms with Crippen LogP contribution < -0.4 is 5.23 Å². The largest absolute Gasteiger partial charge is 0.437 e. The standard InChI is InChI=1S/C7H12BN3O2/c1-8(13)9-4-7(12)6-3-10-11(2)5-6/h3,5,9,13H,4H2,1-2H3. The Hall–Kier alpha value is -1.14. The van der Waals surface area contributed by atoms with Crippen LogP contribution in [0.3, 0.4) is 0 Å². The zero-order valence-corrected chi connectivity index (χ0v) is 7.69.